The van der Waals surface area contributed by atoms with E-state index in [0.717, 1.165) is 6.42 Å². The molecular weight excluding hydrogens is 128 g/mol. The Bertz CT molecular complexity index is 118. The van der Waals surface area contributed by atoms with Gasteiger partial charge in [-0.2, -0.15) is 0 Å². The zero-order chi connectivity index (χ0) is 7.83. The molecule has 0 spiro atoms. The van der Waals surface area contributed by atoms with Crippen molar-refractivity contribution in [3.8, 4) is 0 Å². The molecular formula is C8H16O2. The van der Waals surface area contributed by atoms with E-state index < -0.39 is 5.60 Å². The first kappa shape index (κ1) is 8.02. The fourth-order valence-corrected chi connectivity index (χ4v) is 1.15. The van der Waals surface area contributed by atoms with Crippen LogP contribution in [-0.2, 0) is 4.74 Å². The predicted molar refractivity (Wildman–Crippen MR) is 39.8 cm³/mol. The van der Waals surface area contributed by atoms with E-state index in [-0.39, 0.29) is 5.41 Å². The summed E-state index contributed by atoms with van der Waals surface area (Å²) in [5.41, 5.74) is -0.642. The highest BCUT2D eigenvalue weighted by molar-refractivity contribution is 4.93. The van der Waals surface area contributed by atoms with Crippen LogP contribution in [0, 0.1) is 5.41 Å². The summed E-state index contributed by atoms with van der Waals surface area (Å²) in [6.07, 6.45) is 0.774. The van der Waals surface area contributed by atoms with E-state index in [9.17, 15) is 5.11 Å². The fourth-order valence-electron chi connectivity index (χ4n) is 1.15. The summed E-state index contributed by atoms with van der Waals surface area (Å²) in [6.45, 7) is 7.33. The largest absolute Gasteiger partial charge is 0.387 e. The molecule has 0 saturated carbocycles. The lowest BCUT2D eigenvalue weighted by Crippen LogP contribution is -2.43. The molecule has 0 radical (unpaired) electrons. The van der Waals surface area contributed by atoms with Gasteiger partial charge in [-0.1, -0.05) is 20.8 Å². The molecule has 1 saturated heterocycles. The van der Waals surface area contributed by atoms with Crippen molar-refractivity contribution in [2.45, 2.75) is 32.8 Å². The first-order valence-electron chi connectivity index (χ1n) is 3.76. The van der Waals surface area contributed by atoms with Crippen LogP contribution in [0.5, 0.6) is 0 Å². The van der Waals surface area contributed by atoms with Gasteiger partial charge in [0.1, 0.15) is 0 Å². The topological polar surface area (TPSA) is 29.5 Å². The van der Waals surface area contributed by atoms with Crippen molar-refractivity contribution >= 4 is 0 Å². The van der Waals surface area contributed by atoms with Gasteiger partial charge in [0.25, 0.3) is 0 Å². The van der Waals surface area contributed by atoms with Crippen LogP contribution in [0.4, 0.5) is 0 Å². The summed E-state index contributed by atoms with van der Waals surface area (Å²) in [6, 6.07) is 0. The van der Waals surface area contributed by atoms with Gasteiger partial charge >= 0.3 is 0 Å². The minimum atomic E-state index is -0.590. The molecule has 0 bridgehead atoms. The van der Waals surface area contributed by atoms with Crippen LogP contribution >= 0.6 is 0 Å². The number of rotatable bonds is 0. The molecule has 1 heterocycles. The number of ether oxygens (including phenoxy) is 1. The second-order valence-corrected chi connectivity index (χ2v) is 4.08. The molecule has 2 heteroatoms. The Morgan fingerprint density at radius 1 is 1.40 bits per heavy atom. The number of hydrogen-bond donors (Lipinski definition) is 1. The molecule has 1 fully saturated rings. The summed E-state index contributed by atoms with van der Waals surface area (Å²) in [4.78, 5) is 0. The summed E-state index contributed by atoms with van der Waals surface area (Å²) >= 11 is 0. The summed E-state index contributed by atoms with van der Waals surface area (Å²) < 4.78 is 5.14. The predicted octanol–water partition coefficient (Wildman–Crippen LogP) is 1.18. The minimum absolute atomic E-state index is 0.0521. The molecule has 1 aliphatic rings. The first-order valence-corrected chi connectivity index (χ1v) is 3.76. The molecule has 0 amide bonds. The van der Waals surface area contributed by atoms with E-state index in [1.165, 1.54) is 0 Å². The molecule has 1 N–H and O–H groups in total. The third-order valence-electron chi connectivity index (χ3n) is 2.40. The van der Waals surface area contributed by atoms with Gasteiger partial charge in [-0.3, -0.25) is 0 Å². The van der Waals surface area contributed by atoms with Gasteiger partial charge in [0.15, 0.2) is 0 Å². The Morgan fingerprint density at radius 2 is 2.00 bits per heavy atom. The molecule has 1 rings (SSSR count). The lowest BCUT2D eigenvalue weighted by Gasteiger charge is -2.35. The van der Waals surface area contributed by atoms with Crippen LogP contribution in [0.15, 0.2) is 0 Å². The molecule has 1 aliphatic heterocycles. The Kier molecular flexibility index (Phi) is 1.77. The van der Waals surface area contributed by atoms with Crippen molar-refractivity contribution in [1.82, 2.24) is 0 Å². The monoisotopic (exact) mass is 144 g/mol. The Hall–Kier alpha value is -0.0800. The Morgan fingerprint density at radius 3 is 2.20 bits per heavy atom. The first-order chi connectivity index (χ1) is 4.46. The van der Waals surface area contributed by atoms with Gasteiger partial charge in [-0.15, -0.1) is 0 Å². The van der Waals surface area contributed by atoms with Crippen molar-refractivity contribution in [2.24, 2.45) is 5.41 Å². The van der Waals surface area contributed by atoms with Gasteiger partial charge in [-0.05, 0) is 5.41 Å². The molecule has 10 heavy (non-hydrogen) atoms. The molecule has 2 nitrogen and oxygen atoms in total. The zero-order valence-electron chi connectivity index (χ0n) is 6.98. The maximum atomic E-state index is 9.90. The Labute approximate surface area is 62.2 Å². The standard InChI is InChI=1S/C8H16O2/c1-7(2,3)8(9)4-5-10-6-8/h9H,4-6H2,1-3H3/t8-/m0/s1. The molecule has 0 aromatic heterocycles. The van der Waals surface area contributed by atoms with Gasteiger partial charge in [0.2, 0.25) is 0 Å². The van der Waals surface area contributed by atoms with Crippen LogP contribution in [0.2, 0.25) is 0 Å². The molecule has 60 valence electrons. The third kappa shape index (κ3) is 1.18. The van der Waals surface area contributed by atoms with E-state index in [1.807, 2.05) is 20.8 Å². The van der Waals surface area contributed by atoms with Crippen LogP contribution in [-0.4, -0.2) is 23.9 Å². The van der Waals surface area contributed by atoms with E-state index >= 15 is 0 Å². The SMILES string of the molecule is CC(C)(C)[C@]1(O)CCOC1. The van der Waals surface area contributed by atoms with Gasteiger partial charge in [0, 0.05) is 13.0 Å². The van der Waals surface area contributed by atoms with E-state index in [1.54, 1.807) is 0 Å². The van der Waals surface area contributed by atoms with Gasteiger partial charge in [0.05, 0.1) is 12.2 Å². The van der Waals surface area contributed by atoms with E-state index in [4.69, 9.17) is 4.74 Å². The third-order valence-corrected chi connectivity index (χ3v) is 2.40. The van der Waals surface area contributed by atoms with E-state index in [2.05, 4.69) is 0 Å². The second-order valence-electron chi connectivity index (χ2n) is 4.08. The highest BCUT2D eigenvalue weighted by Gasteiger charge is 2.42. The molecule has 0 aromatic rings. The summed E-state index contributed by atoms with van der Waals surface area (Å²) in [5.74, 6) is 0. The van der Waals surface area contributed by atoms with E-state index in [0.29, 0.717) is 13.2 Å². The van der Waals surface area contributed by atoms with Crippen LogP contribution in [0.1, 0.15) is 27.2 Å². The van der Waals surface area contributed by atoms with Crippen LogP contribution in [0.3, 0.4) is 0 Å². The smallest absolute Gasteiger partial charge is 0.0949 e. The Balaban J connectivity index is 2.67. The quantitative estimate of drug-likeness (QED) is 0.553. The fraction of sp³-hybridized carbons (Fsp3) is 1.00. The van der Waals surface area contributed by atoms with Crippen molar-refractivity contribution in [3.05, 3.63) is 0 Å². The number of hydrogen-bond acceptors (Lipinski definition) is 2. The lowest BCUT2D eigenvalue weighted by atomic mass is 9.76. The lowest BCUT2D eigenvalue weighted by molar-refractivity contribution is -0.0604. The average Bonchev–Trinajstić information content (AvgIpc) is 2.13. The van der Waals surface area contributed by atoms with Gasteiger partial charge < -0.3 is 9.84 Å². The highest BCUT2D eigenvalue weighted by Crippen LogP contribution is 2.36. The maximum absolute atomic E-state index is 9.90. The van der Waals surface area contributed by atoms with Crippen molar-refractivity contribution in [1.29, 1.82) is 0 Å². The van der Waals surface area contributed by atoms with Crippen molar-refractivity contribution in [3.63, 3.8) is 0 Å². The van der Waals surface area contributed by atoms with Crippen molar-refractivity contribution < 1.29 is 9.84 Å². The summed E-state index contributed by atoms with van der Waals surface area (Å²) in [5, 5.41) is 9.90. The maximum Gasteiger partial charge on any atom is 0.0949 e. The molecule has 0 unspecified atom stereocenters. The van der Waals surface area contributed by atoms with Crippen molar-refractivity contribution in [2.75, 3.05) is 13.2 Å². The highest BCUT2D eigenvalue weighted by atomic mass is 16.5. The normalized spacial score (nSPS) is 34.8. The molecule has 0 aromatic carbocycles. The minimum Gasteiger partial charge on any atom is -0.387 e. The van der Waals surface area contributed by atoms with Gasteiger partial charge in [-0.25, -0.2) is 0 Å². The zero-order valence-corrected chi connectivity index (χ0v) is 6.98. The van der Waals surface area contributed by atoms with Crippen LogP contribution < -0.4 is 0 Å². The molecule has 1 atom stereocenters. The summed E-state index contributed by atoms with van der Waals surface area (Å²) in [7, 11) is 0. The second kappa shape index (κ2) is 2.21. The van der Waals surface area contributed by atoms with Crippen LogP contribution in [0.25, 0.3) is 0 Å². The molecule has 0 aliphatic carbocycles. The number of aliphatic hydroxyl groups is 1. The average molecular weight is 144 g/mol.